The van der Waals surface area contributed by atoms with Crippen LogP contribution in [0.1, 0.15) is 13.8 Å². The average molecular weight is 338 g/mol. The quantitative estimate of drug-likeness (QED) is 0.888. The van der Waals surface area contributed by atoms with Crippen LogP contribution in [0.3, 0.4) is 0 Å². The summed E-state index contributed by atoms with van der Waals surface area (Å²) in [7, 11) is 1.59. The molecule has 0 heterocycles. The molecule has 18 heavy (non-hydrogen) atoms. The van der Waals surface area contributed by atoms with Gasteiger partial charge in [-0.15, -0.1) is 12.4 Å². The summed E-state index contributed by atoms with van der Waals surface area (Å²) in [5.74, 6) is 0.643. The van der Waals surface area contributed by atoms with Crippen LogP contribution in [0.15, 0.2) is 22.7 Å². The summed E-state index contributed by atoms with van der Waals surface area (Å²) < 4.78 is 5.89. The van der Waals surface area contributed by atoms with E-state index in [-0.39, 0.29) is 24.2 Å². The van der Waals surface area contributed by atoms with Crippen molar-refractivity contribution in [1.29, 1.82) is 0 Å². The molecule has 0 bridgehead atoms. The Morgan fingerprint density at radius 1 is 1.44 bits per heavy atom. The van der Waals surface area contributed by atoms with Gasteiger partial charge in [0.05, 0.1) is 17.6 Å². The highest BCUT2D eigenvalue weighted by Crippen LogP contribution is 2.27. The van der Waals surface area contributed by atoms with Gasteiger partial charge in [0.2, 0.25) is 5.91 Å². The van der Waals surface area contributed by atoms with Crippen LogP contribution < -0.4 is 15.8 Å². The third-order valence-electron chi connectivity index (χ3n) is 2.44. The molecule has 0 aromatic heterocycles. The Kier molecular flexibility index (Phi) is 7.28. The molecule has 4 nitrogen and oxygen atoms in total. The molecule has 1 rings (SSSR count). The molecule has 0 radical (unpaired) electrons. The molecule has 0 saturated carbocycles. The standard InChI is InChI=1S/C12H17BrN2O2.ClH/c1-7(2)11(14)12(16)15-8-4-5-10(17-3)9(13)6-8;/h4-7,11H,14H2,1-3H3,(H,15,16);1H/t11-;/m0./s1. The first kappa shape index (κ1) is 17.2. The Hall–Kier alpha value is -0.780. The monoisotopic (exact) mass is 336 g/mol. The number of methoxy groups -OCH3 is 1. The van der Waals surface area contributed by atoms with Gasteiger partial charge < -0.3 is 15.8 Å². The molecule has 1 aromatic rings. The Balaban J connectivity index is 0.00000289. The number of amides is 1. The molecule has 0 unspecified atom stereocenters. The Labute approximate surface area is 122 Å². The van der Waals surface area contributed by atoms with Gasteiger partial charge in [-0.05, 0) is 40.0 Å². The minimum absolute atomic E-state index is 0. The number of rotatable bonds is 4. The number of hydrogen-bond acceptors (Lipinski definition) is 3. The van der Waals surface area contributed by atoms with Crippen LogP contribution in [0.2, 0.25) is 0 Å². The van der Waals surface area contributed by atoms with E-state index in [1.54, 1.807) is 25.3 Å². The van der Waals surface area contributed by atoms with Gasteiger partial charge >= 0.3 is 0 Å². The summed E-state index contributed by atoms with van der Waals surface area (Å²) in [4.78, 5) is 11.7. The molecule has 0 aliphatic heterocycles. The average Bonchev–Trinajstić information content (AvgIpc) is 2.28. The Morgan fingerprint density at radius 2 is 2.06 bits per heavy atom. The molecule has 1 amide bonds. The van der Waals surface area contributed by atoms with Crippen molar-refractivity contribution in [3.8, 4) is 5.75 Å². The van der Waals surface area contributed by atoms with Gasteiger partial charge in [-0.3, -0.25) is 4.79 Å². The molecule has 6 heteroatoms. The smallest absolute Gasteiger partial charge is 0.241 e. The van der Waals surface area contributed by atoms with Crippen molar-refractivity contribution in [3.63, 3.8) is 0 Å². The number of anilines is 1. The number of halogens is 2. The highest BCUT2D eigenvalue weighted by molar-refractivity contribution is 9.10. The number of carbonyl (C=O) groups is 1. The molecule has 0 aliphatic rings. The fourth-order valence-electron chi connectivity index (χ4n) is 1.27. The van der Waals surface area contributed by atoms with Crippen LogP contribution in [0.25, 0.3) is 0 Å². The Bertz CT molecular complexity index is 413. The largest absolute Gasteiger partial charge is 0.496 e. The van der Waals surface area contributed by atoms with E-state index >= 15 is 0 Å². The van der Waals surface area contributed by atoms with Gasteiger partial charge in [-0.2, -0.15) is 0 Å². The molecule has 0 spiro atoms. The topological polar surface area (TPSA) is 64.3 Å². The highest BCUT2D eigenvalue weighted by Gasteiger charge is 2.17. The minimum atomic E-state index is -0.504. The summed E-state index contributed by atoms with van der Waals surface area (Å²) in [6.45, 7) is 3.82. The predicted octanol–water partition coefficient (Wildman–Crippen LogP) is 2.80. The lowest BCUT2D eigenvalue weighted by Crippen LogP contribution is -2.39. The summed E-state index contributed by atoms with van der Waals surface area (Å²) >= 11 is 3.36. The van der Waals surface area contributed by atoms with Gasteiger partial charge in [0.15, 0.2) is 0 Å². The molecule has 102 valence electrons. The second-order valence-electron chi connectivity index (χ2n) is 4.11. The van der Waals surface area contributed by atoms with E-state index in [1.165, 1.54) is 0 Å². The minimum Gasteiger partial charge on any atom is -0.496 e. The van der Waals surface area contributed by atoms with Gasteiger partial charge in [0.25, 0.3) is 0 Å². The lowest BCUT2D eigenvalue weighted by molar-refractivity contribution is -0.118. The van der Waals surface area contributed by atoms with E-state index in [2.05, 4.69) is 21.2 Å². The Morgan fingerprint density at radius 3 is 2.50 bits per heavy atom. The molecule has 1 atom stereocenters. The lowest BCUT2D eigenvalue weighted by atomic mass is 10.1. The van der Waals surface area contributed by atoms with E-state index in [1.807, 2.05) is 13.8 Å². The number of hydrogen-bond donors (Lipinski definition) is 2. The van der Waals surface area contributed by atoms with Gasteiger partial charge in [0, 0.05) is 5.69 Å². The number of nitrogens with one attached hydrogen (secondary N) is 1. The van der Waals surface area contributed by atoms with Crippen molar-refractivity contribution in [2.45, 2.75) is 19.9 Å². The summed E-state index contributed by atoms with van der Waals surface area (Å²) in [6.07, 6.45) is 0. The van der Waals surface area contributed by atoms with E-state index in [4.69, 9.17) is 10.5 Å². The molecule has 3 N–H and O–H groups in total. The number of ether oxygens (including phenoxy) is 1. The second kappa shape index (κ2) is 7.61. The van der Waals surface area contributed by atoms with E-state index in [9.17, 15) is 4.79 Å². The zero-order chi connectivity index (χ0) is 13.0. The van der Waals surface area contributed by atoms with Crippen LogP contribution in [-0.4, -0.2) is 19.1 Å². The van der Waals surface area contributed by atoms with Crippen molar-refractivity contribution in [1.82, 2.24) is 0 Å². The third-order valence-corrected chi connectivity index (χ3v) is 3.06. The molecular weight excluding hydrogens is 320 g/mol. The second-order valence-corrected chi connectivity index (χ2v) is 4.96. The van der Waals surface area contributed by atoms with E-state index in [0.29, 0.717) is 5.69 Å². The SMILES string of the molecule is COc1ccc(NC(=O)[C@@H](N)C(C)C)cc1Br.Cl. The maximum Gasteiger partial charge on any atom is 0.241 e. The zero-order valence-electron chi connectivity index (χ0n) is 10.6. The van der Waals surface area contributed by atoms with Crippen LogP contribution in [0.5, 0.6) is 5.75 Å². The molecule has 0 fully saturated rings. The van der Waals surface area contributed by atoms with Crippen LogP contribution in [0.4, 0.5) is 5.69 Å². The summed E-state index contributed by atoms with van der Waals surface area (Å²) in [6, 6.07) is 4.83. The normalized spacial score (nSPS) is 11.7. The number of carbonyl (C=O) groups excluding carboxylic acids is 1. The molecule has 0 saturated heterocycles. The van der Waals surface area contributed by atoms with Gasteiger partial charge in [-0.25, -0.2) is 0 Å². The lowest BCUT2D eigenvalue weighted by Gasteiger charge is -2.15. The van der Waals surface area contributed by atoms with E-state index < -0.39 is 6.04 Å². The first-order chi connectivity index (χ1) is 7.95. The molecular formula is C12H18BrClN2O2. The maximum absolute atomic E-state index is 11.7. The first-order valence-electron chi connectivity index (χ1n) is 5.35. The molecule has 1 aromatic carbocycles. The van der Waals surface area contributed by atoms with Crippen molar-refractivity contribution < 1.29 is 9.53 Å². The van der Waals surface area contributed by atoms with Crippen LogP contribution in [-0.2, 0) is 4.79 Å². The number of benzene rings is 1. The van der Waals surface area contributed by atoms with Crippen molar-refractivity contribution in [2.24, 2.45) is 11.7 Å². The third kappa shape index (κ3) is 4.48. The fraction of sp³-hybridized carbons (Fsp3) is 0.417. The highest BCUT2D eigenvalue weighted by atomic mass is 79.9. The van der Waals surface area contributed by atoms with Crippen molar-refractivity contribution in [2.75, 3.05) is 12.4 Å². The zero-order valence-corrected chi connectivity index (χ0v) is 13.0. The summed E-state index contributed by atoms with van der Waals surface area (Å²) in [5.41, 5.74) is 6.45. The van der Waals surface area contributed by atoms with Gasteiger partial charge in [-0.1, -0.05) is 13.8 Å². The first-order valence-corrected chi connectivity index (χ1v) is 6.15. The predicted molar refractivity (Wildman–Crippen MR) is 79.4 cm³/mol. The van der Waals surface area contributed by atoms with Crippen LogP contribution >= 0.6 is 28.3 Å². The van der Waals surface area contributed by atoms with Crippen molar-refractivity contribution >= 4 is 39.9 Å². The van der Waals surface area contributed by atoms with Gasteiger partial charge in [0.1, 0.15) is 5.75 Å². The molecule has 0 aliphatic carbocycles. The fourth-order valence-corrected chi connectivity index (χ4v) is 1.81. The van der Waals surface area contributed by atoms with Crippen molar-refractivity contribution in [3.05, 3.63) is 22.7 Å². The summed E-state index contributed by atoms with van der Waals surface area (Å²) in [5, 5.41) is 2.77. The van der Waals surface area contributed by atoms with E-state index in [0.717, 1.165) is 10.2 Å². The number of nitrogens with two attached hydrogens (primary N) is 1. The van der Waals surface area contributed by atoms with Crippen LogP contribution in [0, 0.1) is 5.92 Å². The maximum atomic E-state index is 11.7.